The van der Waals surface area contributed by atoms with Crippen molar-refractivity contribution in [1.82, 2.24) is 4.72 Å². The van der Waals surface area contributed by atoms with Crippen LogP contribution in [0.25, 0.3) is 0 Å². The molecule has 0 saturated heterocycles. The number of nitrogens with zero attached hydrogens (tertiary/aromatic N) is 2. The van der Waals surface area contributed by atoms with Crippen molar-refractivity contribution in [3.05, 3.63) is 77.4 Å². The van der Waals surface area contributed by atoms with Crippen molar-refractivity contribution >= 4 is 39.0 Å². The topological polar surface area (TPSA) is 107 Å². The summed E-state index contributed by atoms with van der Waals surface area (Å²) in [5, 5.41) is 0.725. The van der Waals surface area contributed by atoms with E-state index in [1.807, 2.05) is 18.2 Å². The van der Waals surface area contributed by atoms with Gasteiger partial charge >= 0.3 is 0 Å². The van der Waals surface area contributed by atoms with Crippen molar-refractivity contribution in [3.63, 3.8) is 0 Å². The average molecular weight is 668 g/mol. The molecule has 4 aliphatic rings. The number of methoxy groups -OCH3 is 1. The maximum Gasteiger partial charge on any atom is 0.287 e. The molecule has 1 spiro atoms. The molecule has 2 heterocycles. The van der Waals surface area contributed by atoms with Crippen LogP contribution in [-0.4, -0.2) is 61.1 Å². The van der Waals surface area contributed by atoms with Crippen LogP contribution in [0.4, 0.5) is 5.69 Å². The fraction of sp³-hybridized carbons (Fsp3) is 0.486. The van der Waals surface area contributed by atoms with E-state index in [0.29, 0.717) is 30.7 Å². The zero-order valence-electron chi connectivity index (χ0n) is 26.6. The second kappa shape index (κ2) is 12.8. The van der Waals surface area contributed by atoms with Crippen molar-refractivity contribution in [2.75, 3.05) is 38.3 Å². The number of hydrogen-bond donors (Lipinski definition) is 1. The molecule has 2 aliphatic heterocycles. The van der Waals surface area contributed by atoms with Gasteiger partial charge in [0.1, 0.15) is 11.4 Å². The Morgan fingerprint density at radius 1 is 1.24 bits per heavy atom. The molecule has 2 aromatic carbocycles. The lowest BCUT2D eigenvalue weighted by Gasteiger charge is -2.46. The van der Waals surface area contributed by atoms with E-state index in [4.69, 9.17) is 25.8 Å². The van der Waals surface area contributed by atoms with Gasteiger partial charge in [-0.15, -0.1) is 4.36 Å². The fourth-order valence-electron chi connectivity index (χ4n) is 7.25. The third-order valence-electron chi connectivity index (χ3n) is 9.97. The molecule has 5 atom stereocenters. The lowest BCUT2D eigenvalue weighted by molar-refractivity contribution is -0.137. The summed E-state index contributed by atoms with van der Waals surface area (Å²) in [5.41, 5.74) is 1.53. The van der Waals surface area contributed by atoms with E-state index in [2.05, 4.69) is 32.7 Å². The Balaban J connectivity index is 1.51. The molecule has 1 unspecified atom stereocenters. The molecule has 9 nitrogen and oxygen atoms in total. The Labute approximate surface area is 276 Å². The van der Waals surface area contributed by atoms with Gasteiger partial charge in [-0.25, -0.2) is 4.21 Å². The first-order valence-corrected chi connectivity index (χ1v) is 17.8. The van der Waals surface area contributed by atoms with E-state index < -0.39 is 27.3 Å². The lowest BCUT2D eigenvalue weighted by atomic mass is 9.68. The molecule has 2 aromatic rings. The minimum atomic E-state index is -3.78. The second-order valence-electron chi connectivity index (χ2n) is 13.3. The number of amides is 2. The first-order chi connectivity index (χ1) is 22.0. The molecular weight excluding hydrogens is 626 g/mol. The molecule has 46 heavy (non-hydrogen) atoms. The highest BCUT2D eigenvalue weighted by Crippen LogP contribution is 2.47. The number of rotatable bonds is 3. The van der Waals surface area contributed by atoms with Crippen molar-refractivity contribution < 1.29 is 28.0 Å². The van der Waals surface area contributed by atoms with Crippen LogP contribution in [0.1, 0.15) is 50.7 Å². The van der Waals surface area contributed by atoms with Crippen molar-refractivity contribution in [2.24, 2.45) is 16.2 Å². The van der Waals surface area contributed by atoms with E-state index in [1.54, 1.807) is 39.2 Å². The van der Waals surface area contributed by atoms with Crippen LogP contribution >= 0.6 is 11.6 Å². The Bertz CT molecular complexity index is 1700. The summed E-state index contributed by atoms with van der Waals surface area (Å²) in [7, 11) is -2.06. The number of carbonyl (C=O) groups excluding carboxylic acids is 2. The van der Waals surface area contributed by atoms with Gasteiger partial charge in [-0.2, -0.15) is 0 Å². The van der Waals surface area contributed by atoms with Crippen molar-refractivity contribution in [1.29, 1.82) is 0 Å². The summed E-state index contributed by atoms with van der Waals surface area (Å²) in [6.07, 6.45) is 9.77. The minimum absolute atomic E-state index is 0.104. The molecular formula is C35H42ClN3O6S. The fourth-order valence-corrected chi connectivity index (χ4v) is 9.04. The number of fused-ring (bicyclic) bond motifs is 4. The predicted molar refractivity (Wildman–Crippen MR) is 179 cm³/mol. The van der Waals surface area contributed by atoms with Gasteiger partial charge in [0.15, 0.2) is 9.92 Å². The van der Waals surface area contributed by atoms with E-state index in [-0.39, 0.29) is 23.0 Å². The van der Waals surface area contributed by atoms with Crippen molar-refractivity contribution in [2.45, 2.75) is 68.0 Å². The Kier molecular flexibility index (Phi) is 9.10. The largest absolute Gasteiger partial charge is 0.490 e. The van der Waals surface area contributed by atoms with Gasteiger partial charge in [0.25, 0.3) is 11.8 Å². The van der Waals surface area contributed by atoms with E-state index in [9.17, 15) is 13.8 Å². The summed E-state index contributed by atoms with van der Waals surface area (Å²) in [6, 6.07) is 11.3. The summed E-state index contributed by atoms with van der Waals surface area (Å²) < 4.78 is 39.6. The molecule has 2 amide bonds. The van der Waals surface area contributed by atoms with Gasteiger partial charge in [-0.05, 0) is 105 Å². The first kappa shape index (κ1) is 32.7. The number of hydrogen-bond acceptors (Lipinski definition) is 7. The number of ether oxygens (including phenoxy) is 3. The minimum Gasteiger partial charge on any atom is -0.490 e. The summed E-state index contributed by atoms with van der Waals surface area (Å²) in [5.74, 6) is -0.201. The Morgan fingerprint density at radius 3 is 2.80 bits per heavy atom. The number of benzene rings is 2. The smallest absolute Gasteiger partial charge is 0.287 e. The molecule has 11 heteroatoms. The van der Waals surface area contributed by atoms with Crippen LogP contribution in [0.15, 0.2) is 70.5 Å². The van der Waals surface area contributed by atoms with Gasteiger partial charge in [0.05, 0.1) is 29.9 Å². The van der Waals surface area contributed by atoms with Crippen molar-refractivity contribution in [3.8, 4) is 5.75 Å². The van der Waals surface area contributed by atoms with Gasteiger partial charge < -0.3 is 19.1 Å². The average Bonchev–Trinajstić information content (AvgIpc) is 3.16. The SMILES string of the molecule is C=CC(=O)NS1(=O)=NC(=O)C(C)(C)OCC=C[C@@H](OC)[C@@H]2CC[C@H]2CN2C[C@@]3(CCCc4cc(Cl)ccc43)COc3ccc1cc32. The first-order valence-electron chi connectivity index (χ1n) is 15.9. The molecule has 0 radical (unpaired) electrons. The van der Waals surface area contributed by atoms with Gasteiger partial charge in [-0.1, -0.05) is 36.4 Å². The van der Waals surface area contributed by atoms with Crippen LogP contribution in [0.2, 0.25) is 5.02 Å². The van der Waals surface area contributed by atoms with E-state index in [0.717, 1.165) is 55.4 Å². The van der Waals surface area contributed by atoms with Crippen LogP contribution in [0.5, 0.6) is 5.75 Å². The Morgan fingerprint density at radius 2 is 2.07 bits per heavy atom. The van der Waals surface area contributed by atoms with Crippen LogP contribution in [0, 0.1) is 11.8 Å². The highest BCUT2D eigenvalue weighted by atomic mass is 35.5. The van der Waals surface area contributed by atoms with E-state index in [1.165, 1.54) is 11.1 Å². The number of carbonyl (C=O) groups is 2. The monoisotopic (exact) mass is 667 g/mol. The standard InChI is InChI=1S/C35H42ClN3O6S/c1-5-32(40)37-46(42)26-12-15-31-29(19-26)39(21-35(22-44-31)16-6-8-23-18-25(36)11-14-28(23)35)20-24-10-13-27(24)30(43-4)9-7-17-45-34(2,3)33(41)38-46/h5,7,9,11-12,14-15,18-19,24,27,30H,1,6,8,10,13,16-17,20-22H2,2-4H3,(H,37,38,40,41,42)/t24-,27+,30+,35-,46?/m0/s1. The number of halogens is 1. The predicted octanol–water partition coefficient (Wildman–Crippen LogP) is 5.79. The molecule has 2 aliphatic carbocycles. The summed E-state index contributed by atoms with van der Waals surface area (Å²) >= 11 is 6.43. The lowest BCUT2D eigenvalue weighted by Crippen LogP contribution is -2.49. The second-order valence-corrected chi connectivity index (χ2v) is 15.6. The van der Waals surface area contributed by atoms with Crippen LogP contribution in [0.3, 0.4) is 0 Å². The quantitative estimate of drug-likeness (QED) is 0.326. The zero-order valence-corrected chi connectivity index (χ0v) is 28.2. The number of nitrogens with one attached hydrogen (secondary N) is 1. The third kappa shape index (κ3) is 6.24. The molecule has 1 fully saturated rings. The Hall–Kier alpha value is -3.18. The van der Waals surface area contributed by atoms with Gasteiger partial charge in [0, 0.05) is 30.6 Å². The van der Waals surface area contributed by atoms with Crippen LogP contribution < -0.4 is 14.4 Å². The molecule has 6 rings (SSSR count). The molecule has 1 N–H and O–H groups in total. The summed E-state index contributed by atoms with van der Waals surface area (Å²) in [4.78, 5) is 28.6. The highest BCUT2D eigenvalue weighted by molar-refractivity contribution is 7.92. The maximum absolute atomic E-state index is 14.6. The molecule has 2 bridgehead atoms. The molecule has 0 aromatic heterocycles. The van der Waals surface area contributed by atoms with Gasteiger partial charge in [0.2, 0.25) is 0 Å². The maximum atomic E-state index is 14.6. The van der Waals surface area contributed by atoms with E-state index >= 15 is 0 Å². The van der Waals surface area contributed by atoms with Gasteiger partial charge in [-0.3, -0.25) is 14.3 Å². The number of anilines is 1. The van der Waals surface area contributed by atoms with Crippen LogP contribution in [-0.2, 0) is 40.8 Å². The molecule has 246 valence electrons. The zero-order chi connectivity index (χ0) is 32.7. The molecule has 1 saturated carbocycles. The highest BCUT2D eigenvalue weighted by Gasteiger charge is 2.44. The third-order valence-corrected chi connectivity index (χ3v) is 12.0. The number of aryl methyl sites for hydroxylation is 1. The normalized spacial score (nSPS) is 30.5. The summed E-state index contributed by atoms with van der Waals surface area (Å²) in [6.45, 7) is 8.66.